The molecule has 0 radical (unpaired) electrons. The van der Waals surface area contributed by atoms with Crippen LogP contribution >= 0.6 is 15.9 Å². The van der Waals surface area contributed by atoms with Crippen LogP contribution in [0.1, 0.15) is 25.0 Å². The topological polar surface area (TPSA) is 20.2 Å². The number of hydrogen-bond acceptors (Lipinski definition) is 1. The molecule has 0 saturated carbocycles. The molecule has 1 aromatic carbocycles. The Morgan fingerprint density at radius 2 is 2.25 bits per heavy atom. The molecule has 0 heterocycles. The normalized spacial score (nSPS) is 13.0. The lowest BCUT2D eigenvalue weighted by Crippen LogP contribution is -1.98. The van der Waals surface area contributed by atoms with Crippen molar-refractivity contribution in [3.63, 3.8) is 0 Å². The Morgan fingerprint density at radius 1 is 1.58 bits per heavy atom. The lowest BCUT2D eigenvalue weighted by Gasteiger charge is -2.08. The van der Waals surface area contributed by atoms with Gasteiger partial charge in [0.25, 0.3) is 0 Å². The van der Waals surface area contributed by atoms with E-state index in [2.05, 4.69) is 15.9 Å². The minimum Gasteiger partial charge on any atom is -0.388 e. The molecule has 0 fully saturated rings. The molecule has 12 heavy (non-hydrogen) atoms. The van der Waals surface area contributed by atoms with Crippen molar-refractivity contribution < 1.29 is 9.50 Å². The van der Waals surface area contributed by atoms with Gasteiger partial charge in [-0.3, -0.25) is 0 Å². The number of aliphatic hydroxyl groups is 1. The van der Waals surface area contributed by atoms with Crippen LogP contribution < -0.4 is 0 Å². The van der Waals surface area contributed by atoms with Gasteiger partial charge in [-0.2, -0.15) is 0 Å². The second-order valence-electron chi connectivity index (χ2n) is 2.59. The van der Waals surface area contributed by atoms with Crippen molar-refractivity contribution in [3.8, 4) is 0 Å². The van der Waals surface area contributed by atoms with E-state index in [1.165, 1.54) is 6.07 Å². The molecule has 66 valence electrons. The predicted octanol–water partition coefficient (Wildman–Crippen LogP) is 3.03. The quantitative estimate of drug-likeness (QED) is 0.832. The summed E-state index contributed by atoms with van der Waals surface area (Å²) in [6.07, 6.45) is -0.170. The van der Waals surface area contributed by atoms with Crippen molar-refractivity contribution in [1.29, 1.82) is 0 Å². The highest BCUT2D eigenvalue weighted by molar-refractivity contribution is 9.10. The molecule has 0 bridgehead atoms. The first-order valence-corrected chi connectivity index (χ1v) is 4.57. The summed E-state index contributed by atoms with van der Waals surface area (Å²) in [6, 6.07) is 4.67. The van der Waals surface area contributed by atoms with Gasteiger partial charge in [0, 0.05) is 10.0 Å². The van der Waals surface area contributed by atoms with Gasteiger partial charge in [-0.15, -0.1) is 0 Å². The standard InChI is InChI=1S/C9H10BrFO/c1-2-9(12)7-4-3-6(10)5-8(7)11/h3-5,9,12H,2H2,1H3. The van der Waals surface area contributed by atoms with Gasteiger partial charge in [-0.1, -0.05) is 28.9 Å². The first-order chi connectivity index (χ1) is 5.65. The Labute approximate surface area is 79.4 Å². The van der Waals surface area contributed by atoms with E-state index in [1.807, 2.05) is 6.92 Å². The number of rotatable bonds is 2. The van der Waals surface area contributed by atoms with Crippen LogP contribution in [0.2, 0.25) is 0 Å². The lowest BCUT2D eigenvalue weighted by atomic mass is 10.1. The van der Waals surface area contributed by atoms with Crippen LogP contribution in [0.4, 0.5) is 4.39 Å². The molecule has 0 aliphatic rings. The van der Waals surface area contributed by atoms with Crippen LogP contribution in [0.25, 0.3) is 0 Å². The Morgan fingerprint density at radius 3 is 2.75 bits per heavy atom. The highest BCUT2D eigenvalue weighted by Gasteiger charge is 2.09. The third-order valence-corrected chi connectivity index (χ3v) is 2.20. The number of hydrogen-bond donors (Lipinski definition) is 1. The zero-order valence-corrected chi connectivity index (χ0v) is 8.31. The van der Waals surface area contributed by atoms with Gasteiger partial charge in [0.2, 0.25) is 0 Å². The van der Waals surface area contributed by atoms with Crippen molar-refractivity contribution in [2.75, 3.05) is 0 Å². The van der Waals surface area contributed by atoms with E-state index >= 15 is 0 Å². The van der Waals surface area contributed by atoms with Crippen molar-refractivity contribution in [2.45, 2.75) is 19.4 Å². The zero-order chi connectivity index (χ0) is 9.14. The van der Waals surface area contributed by atoms with E-state index in [4.69, 9.17) is 0 Å². The summed E-state index contributed by atoms with van der Waals surface area (Å²) in [5.41, 5.74) is 0.362. The average molecular weight is 233 g/mol. The van der Waals surface area contributed by atoms with Crippen molar-refractivity contribution >= 4 is 15.9 Å². The predicted molar refractivity (Wildman–Crippen MR) is 49.4 cm³/mol. The Kier molecular flexibility index (Phi) is 3.23. The van der Waals surface area contributed by atoms with Gasteiger partial charge in [0.05, 0.1) is 6.10 Å². The maximum absolute atomic E-state index is 13.1. The van der Waals surface area contributed by atoms with Crippen LogP contribution in [0.5, 0.6) is 0 Å². The van der Waals surface area contributed by atoms with Crippen molar-refractivity contribution in [1.82, 2.24) is 0 Å². The summed E-state index contributed by atoms with van der Waals surface area (Å²) in [5.74, 6) is -0.362. The molecule has 1 atom stereocenters. The second kappa shape index (κ2) is 4.01. The molecular formula is C9H10BrFO. The maximum atomic E-state index is 13.1. The molecule has 1 unspecified atom stereocenters. The smallest absolute Gasteiger partial charge is 0.130 e. The molecule has 0 aliphatic carbocycles. The molecule has 0 spiro atoms. The highest BCUT2D eigenvalue weighted by Crippen LogP contribution is 2.22. The van der Waals surface area contributed by atoms with E-state index in [1.54, 1.807) is 12.1 Å². The van der Waals surface area contributed by atoms with Gasteiger partial charge in [0.1, 0.15) is 5.82 Å². The van der Waals surface area contributed by atoms with Gasteiger partial charge < -0.3 is 5.11 Å². The molecule has 1 rings (SSSR count). The zero-order valence-electron chi connectivity index (χ0n) is 6.72. The molecule has 3 heteroatoms. The largest absolute Gasteiger partial charge is 0.388 e. The molecule has 1 nitrogen and oxygen atoms in total. The second-order valence-corrected chi connectivity index (χ2v) is 3.51. The van der Waals surface area contributed by atoms with E-state index in [0.29, 0.717) is 16.5 Å². The summed E-state index contributed by atoms with van der Waals surface area (Å²) in [5, 5.41) is 9.35. The van der Waals surface area contributed by atoms with Crippen LogP contribution in [0.15, 0.2) is 22.7 Å². The Balaban J connectivity index is 3.01. The molecule has 1 N–H and O–H groups in total. The summed E-state index contributed by atoms with van der Waals surface area (Å²) in [4.78, 5) is 0. The van der Waals surface area contributed by atoms with Crippen LogP contribution in [-0.2, 0) is 0 Å². The fourth-order valence-corrected chi connectivity index (χ4v) is 1.32. The molecule has 0 saturated heterocycles. The van der Waals surface area contributed by atoms with Crippen LogP contribution in [0, 0.1) is 5.82 Å². The van der Waals surface area contributed by atoms with E-state index in [-0.39, 0.29) is 5.82 Å². The van der Waals surface area contributed by atoms with Gasteiger partial charge in [-0.25, -0.2) is 4.39 Å². The fraction of sp³-hybridized carbons (Fsp3) is 0.333. The fourth-order valence-electron chi connectivity index (χ4n) is 0.992. The monoisotopic (exact) mass is 232 g/mol. The SMILES string of the molecule is CCC(O)c1ccc(Br)cc1F. The molecule has 1 aromatic rings. The van der Waals surface area contributed by atoms with Gasteiger partial charge >= 0.3 is 0 Å². The Bertz CT molecular complexity index is 275. The summed E-state index contributed by atoms with van der Waals surface area (Å²) in [7, 11) is 0. The lowest BCUT2D eigenvalue weighted by molar-refractivity contribution is 0.169. The number of halogens is 2. The highest BCUT2D eigenvalue weighted by atomic mass is 79.9. The third kappa shape index (κ3) is 2.05. The third-order valence-electron chi connectivity index (χ3n) is 1.71. The summed E-state index contributed by atoms with van der Waals surface area (Å²) >= 11 is 3.15. The summed E-state index contributed by atoms with van der Waals surface area (Å²) in [6.45, 7) is 1.81. The molecule has 0 aliphatic heterocycles. The number of aliphatic hydroxyl groups excluding tert-OH is 1. The molecule has 0 amide bonds. The molecular weight excluding hydrogens is 223 g/mol. The van der Waals surface area contributed by atoms with Crippen LogP contribution in [0.3, 0.4) is 0 Å². The maximum Gasteiger partial charge on any atom is 0.130 e. The molecule has 0 aromatic heterocycles. The first-order valence-electron chi connectivity index (χ1n) is 3.78. The van der Waals surface area contributed by atoms with E-state index in [9.17, 15) is 9.50 Å². The van der Waals surface area contributed by atoms with Gasteiger partial charge in [-0.05, 0) is 18.6 Å². The minimum absolute atomic E-state index is 0.362. The Hall–Kier alpha value is -0.410. The van der Waals surface area contributed by atoms with Gasteiger partial charge in [0.15, 0.2) is 0 Å². The van der Waals surface area contributed by atoms with Crippen molar-refractivity contribution in [3.05, 3.63) is 34.1 Å². The average Bonchev–Trinajstić information content (AvgIpc) is 2.03. The van der Waals surface area contributed by atoms with E-state index in [0.717, 1.165) is 0 Å². The van der Waals surface area contributed by atoms with E-state index < -0.39 is 6.10 Å². The minimum atomic E-state index is -0.696. The first kappa shape index (κ1) is 9.68. The van der Waals surface area contributed by atoms with Crippen molar-refractivity contribution in [2.24, 2.45) is 0 Å². The van der Waals surface area contributed by atoms with Crippen LogP contribution in [-0.4, -0.2) is 5.11 Å². The number of benzene rings is 1. The summed E-state index contributed by atoms with van der Waals surface area (Å²) < 4.78 is 13.8.